The van der Waals surface area contributed by atoms with Gasteiger partial charge in [-0.2, -0.15) is 0 Å². The highest BCUT2D eigenvalue weighted by Crippen LogP contribution is 2.22. The molecule has 0 radical (unpaired) electrons. The minimum atomic E-state index is -0.194. The van der Waals surface area contributed by atoms with Crippen LogP contribution in [0.1, 0.15) is 19.4 Å². The second-order valence-electron chi connectivity index (χ2n) is 6.53. The number of aromatic amines is 2. The molecule has 0 atom stereocenters. The summed E-state index contributed by atoms with van der Waals surface area (Å²) in [5.74, 6) is 1.61. The van der Waals surface area contributed by atoms with Crippen molar-refractivity contribution in [2.24, 2.45) is 0 Å². The molecule has 0 aliphatic carbocycles. The quantitative estimate of drug-likeness (QED) is 0.512. The van der Waals surface area contributed by atoms with Gasteiger partial charge < -0.3 is 20.0 Å². The number of pyridine rings is 1. The van der Waals surface area contributed by atoms with E-state index in [0.29, 0.717) is 6.54 Å². The van der Waals surface area contributed by atoms with E-state index in [1.54, 1.807) is 0 Å². The molecule has 0 bridgehead atoms. The van der Waals surface area contributed by atoms with Crippen molar-refractivity contribution in [3.05, 3.63) is 64.6 Å². The van der Waals surface area contributed by atoms with E-state index in [0.717, 1.165) is 39.1 Å². The molecule has 0 saturated heterocycles. The average Bonchev–Trinajstić information content (AvgIpc) is 2.98. The molecular formula is C20H20N4O2. The van der Waals surface area contributed by atoms with E-state index in [9.17, 15) is 4.79 Å². The molecule has 0 saturated carbocycles. The standard InChI is InChI=1S/C20H20N4O2/c1-12(2)26-15-6-4-14-5-8-19(22-17(14)10-15)21-11-13-3-7-16-18(9-13)24-20(25)23-16/h3-10,12H,11H2,1-2H3,(H,21,22)(H2,23,24,25). The van der Waals surface area contributed by atoms with E-state index in [4.69, 9.17) is 4.74 Å². The highest BCUT2D eigenvalue weighted by molar-refractivity contribution is 5.81. The van der Waals surface area contributed by atoms with Gasteiger partial charge in [-0.1, -0.05) is 6.07 Å². The zero-order valence-electron chi connectivity index (χ0n) is 14.7. The highest BCUT2D eigenvalue weighted by atomic mass is 16.5. The van der Waals surface area contributed by atoms with Crippen LogP contribution in [0.4, 0.5) is 5.82 Å². The van der Waals surface area contributed by atoms with Gasteiger partial charge in [0.2, 0.25) is 0 Å². The molecule has 2 aromatic carbocycles. The van der Waals surface area contributed by atoms with Crippen LogP contribution < -0.4 is 15.7 Å². The molecule has 2 aromatic heterocycles. The largest absolute Gasteiger partial charge is 0.491 e. The molecule has 3 N–H and O–H groups in total. The first-order chi connectivity index (χ1) is 12.6. The first-order valence-corrected chi connectivity index (χ1v) is 8.59. The minimum Gasteiger partial charge on any atom is -0.491 e. The van der Waals surface area contributed by atoms with Crippen LogP contribution in [0.5, 0.6) is 5.75 Å². The van der Waals surface area contributed by atoms with Gasteiger partial charge in [0.25, 0.3) is 0 Å². The summed E-state index contributed by atoms with van der Waals surface area (Å²) in [5, 5.41) is 4.40. The second-order valence-corrected chi connectivity index (χ2v) is 6.53. The SMILES string of the molecule is CC(C)Oc1ccc2ccc(NCc3ccc4[nH]c(=O)[nH]c4c3)nc2c1. The van der Waals surface area contributed by atoms with Gasteiger partial charge in [0, 0.05) is 18.0 Å². The topological polar surface area (TPSA) is 82.8 Å². The zero-order valence-corrected chi connectivity index (χ0v) is 14.7. The van der Waals surface area contributed by atoms with Crippen LogP contribution in [-0.2, 0) is 6.54 Å². The number of rotatable bonds is 5. The third-order valence-corrected chi connectivity index (χ3v) is 4.09. The summed E-state index contributed by atoms with van der Waals surface area (Å²) in [5.41, 5.74) is 3.36. The lowest BCUT2D eigenvalue weighted by Gasteiger charge is -2.11. The summed E-state index contributed by atoms with van der Waals surface area (Å²) in [6, 6.07) is 15.8. The maximum atomic E-state index is 11.4. The maximum Gasteiger partial charge on any atom is 0.323 e. The number of benzene rings is 2. The van der Waals surface area contributed by atoms with Crippen LogP contribution in [-0.4, -0.2) is 21.1 Å². The van der Waals surface area contributed by atoms with Crippen LogP contribution in [0.2, 0.25) is 0 Å². The number of H-pyrrole nitrogens is 2. The Kier molecular flexibility index (Phi) is 4.08. The van der Waals surface area contributed by atoms with Gasteiger partial charge >= 0.3 is 5.69 Å². The molecule has 6 heteroatoms. The summed E-state index contributed by atoms with van der Waals surface area (Å²) in [6.45, 7) is 4.62. The van der Waals surface area contributed by atoms with Crippen molar-refractivity contribution in [3.8, 4) is 5.75 Å². The Bertz CT molecular complexity index is 1130. The molecule has 4 aromatic rings. The molecule has 0 amide bonds. The molecule has 0 aliphatic rings. The van der Waals surface area contributed by atoms with Crippen molar-refractivity contribution in [2.75, 3.05) is 5.32 Å². The Labute approximate surface area is 150 Å². The van der Waals surface area contributed by atoms with E-state index in [1.165, 1.54) is 0 Å². The third-order valence-electron chi connectivity index (χ3n) is 4.09. The van der Waals surface area contributed by atoms with Gasteiger partial charge in [0.1, 0.15) is 11.6 Å². The molecule has 132 valence electrons. The number of imidazole rings is 1. The molecule has 2 heterocycles. The Morgan fingerprint density at radius 1 is 1.04 bits per heavy atom. The van der Waals surface area contributed by atoms with Crippen LogP contribution in [0.25, 0.3) is 21.9 Å². The van der Waals surface area contributed by atoms with Gasteiger partial charge in [0.15, 0.2) is 0 Å². The molecule has 0 fully saturated rings. The Morgan fingerprint density at radius 3 is 2.69 bits per heavy atom. The van der Waals surface area contributed by atoms with E-state index in [2.05, 4.69) is 20.3 Å². The molecule has 0 unspecified atom stereocenters. The third kappa shape index (κ3) is 3.39. The van der Waals surface area contributed by atoms with Gasteiger partial charge in [-0.3, -0.25) is 0 Å². The average molecular weight is 348 g/mol. The summed E-state index contributed by atoms with van der Waals surface area (Å²) in [4.78, 5) is 21.5. The van der Waals surface area contributed by atoms with Gasteiger partial charge in [0.05, 0.1) is 22.7 Å². The monoisotopic (exact) mass is 348 g/mol. The summed E-state index contributed by atoms with van der Waals surface area (Å²) in [6.07, 6.45) is 0.128. The normalized spacial score (nSPS) is 11.3. The number of hydrogen-bond acceptors (Lipinski definition) is 4. The molecule has 6 nitrogen and oxygen atoms in total. The minimum absolute atomic E-state index is 0.128. The van der Waals surface area contributed by atoms with Crippen molar-refractivity contribution in [1.82, 2.24) is 15.0 Å². The second kappa shape index (κ2) is 6.55. The van der Waals surface area contributed by atoms with E-state index in [1.807, 2.05) is 62.4 Å². The Morgan fingerprint density at radius 2 is 1.85 bits per heavy atom. The van der Waals surface area contributed by atoms with Gasteiger partial charge in [-0.25, -0.2) is 9.78 Å². The number of aromatic nitrogens is 3. The lowest BCUT2D eigenvalue weighted by atomic mass is 10.2. The van der Waals surface area contributed by atoms with Crippen LogP contribution >= 0.6 is 0 Å². The Hall–Kier alpha value is -3.28. The molecular weight excluding hydrogens is 328 g/mol. The fourth-order valence-corrected chi connectivity index (χ4v) is 2.92. The lowest BCUT2D eigenvalue weighted by Crippen LogP contribution is -2.05. The fraction of sp³-hybridized carbons (Fsp3) is 0.200. The highest BCUT2D eigenvalue weighted by Gasteiger charge is 2.04. The van der Waals surface area contributed by atoms with Crippen molar-refractivity contribution in [1.29, 1.82) is 0 Å². The summed E-state index contributed by atoms with van der Waals surface area (Å²) < 4.78 is 5.74. The smallest absolute Gasteiger partial charge is 0.323 e. The van der Waals surface area contributed by atoms with Gasteiger partial charge in [-0.15, -0.1) is 0 Å². The van der Waals surface area contributed by atoms with Gasteiger partial charge in [-0.05, 0) is 55.8 Å². The predicted octanol–water partition coefficient (Wildman–Crippen LogP) is 3.80. The number of nitrogens with zero attached hydrogens (tertiary/aromatic N) is 1. The summed E-state index contributed by atoms with van der Waals surface area (Å²) in [7, 11) is 0. The predicted molar refractivity (Wildman–Crippen MR) is 104 cm³/mol. The number of fused-ring (bicyclic) bond motifs is 2. The molecule has 0 spiro atoms. The first kappa shape index (κ1) is 16.2. The van der Waals surface area contributed by atoms with Crippen LogP contribution in [0.3, 0.4) is 0 Å². The maximum absolute atomic E-state index is 11.4. The van der Waals surface area contributed by atoms with Crippen LogP contribution in [0, 0.1) is 0 Å². The summed E-state index contributed by atoms with van der Waals surface area (Å²) >= 11 is 0. The van der Waals surface area contributed by atoms with Crippen molar-refractivity contribution < 1.29 is 4.74 Å². The van der Waals surface area contributed by atoms with E-state index in [-0.39, 0.29) is 11.8 Å². The van der Waals surface area contributed by atoms with Crippen molar-refractivity contribution in [3.63, 3.8) is 0 Å². The number of hydrogen-bond donors (Lipinski definition) is 3. The first-order valence-electron chi connectivity index (χ1n) is 8.59. The van der Waals surface area contributed by atoms with E-state index < -0.39 is 0 Å². The van der Waals surface area contributed by atoms with Crippen molar-refractivity contribution >= 4 is 27.8 Å². The molecule has 0 aliphatic heterocycles. The number of anilines is 1. The van der Waals surface area contributed by atoms with Crippen molar-refractivity contribution in [2.45, 2.75) is 26.5 Å². The number of nitrogens with one attached hydrogen (secondary N) is 3. The fourth-order valence-electron chi connectivity index (χ4n) is 2.92. The Balaban J connectivity index is 1.54. The number of ether oxygens (including phenoxy) is 1. The lowest BCUT2D eigenvalue weighted by molar-refractivity contribution is 0.242. The molecule has 4 rings (SSSR count). The van der Waals surface area contributed by atoms with Crippen LogP contribution in [0.15, 0.2) is 53.3 Å². The van der Waals surface area contributed by atoms with E-state index >= 15 is 0 Å². The zero-order chi connectivity index (χ0) is 18.1. The molecule has 26 heavy (non-hydrogen) atoms.